The van der Waals surface area contributed by atoms with Gasteiger partial charge in [0.25, 0.3) is 0 Å². The number of anilines is 2. The highest BCUT2D eigenvalue weighted by Crippen LogP contribution is 2.32. The Balaban J connectivity index is 1.45. The number of carbonyl (C=O) groups is 1. The van der Waals surface area contributed by atoms with Crippen LogP contribution in [0.5, 0.6) is 5.75 Å². The predicted octanol–water partition coefficient (Wildman–Crippen LogP) is 6.32. The molecule has 0 aliphatic carbocycles. The SMILES string of the molecule is O=C(CNc1ccc(OCCc2ccccc2)cc1)Nc1cc(Cl)c(Cl)cc1Cl. The number of carbonyl (C=O) groups excluding carboxylic acids is 1. The number of hydrogen-bond donors (Lipinski definition) is 2. The van der Waals surface area contributed by atoms with Gasteiger partial charge in [-0.3, -0.25) is 4.79 Å². The lowest BCUT2D eigenvalue weighted by atomic mass is 10.2. The lowest BCUT2D eigenvalue weighted by Gasteiger charge is -2.11. The van der Waals surface area contributed by atoms with Crippen LogP contribution in [0.25, 0.3) is 0 Å². The van der Waals surface area contributed by atoms with Gasteiger partial charge in [0.2, 0.25) is 5.91 Å². The Kier molecular flexibility index (Phi) is 7.64. The van der Waals surface area contributed by atoms with Crippen LogP contribution in [0.2, 0.25) is 15.1 Å². The Bertz CT molecular complexity index is 964. The maximum Gasteiger partial charge on any atom is 0.243 e. The summed E-state index contributed by atoms with van der Waals surface area (Å²) in [6, 6.07) is 20.6. The smallest absolute Gasteiger partial charge is 0.243 e. The van der Waals surface area contributed by atoms with Gasteiger partial charge in [0.05, 0.1) is 33.9 Å². The standard InChI is InChI=1S/C22H19Cl3N2O2/c23-18-12-20(25)21(13-19(18)24)27-22(28)14-26-16-6-8-17(9-7-16)29-11-10-15-4-2-1-3-5-15/h1-9,12-13,26H,10-11,14H2,(H,27,28). The molecule has 1 amide bonds. The van der Waals surface area contributed by atoms with Crippen molar-refractivity contribution in [2.24, 2.45) is 0 Å². The van der Waals surface area contributed by atoms with E-state index in [1.807, 2.05) is 42.5 Å². The Morgan fingerprint density at radius 1 is 0.862 bits per heavy atom. The molecule has 0 spiro atoms. The molecule has 3 aromatic rings. The van der Waals surface area contributed by atoms with Gasteiger partial charge >= 0.3 is 0 Å². The molecule has 0 unspecified atom stereocenters. The summed E-state index contributed by atoms with van der Waals surface area (Å²) in [7, 11) is 0. The molecule has 3 aromatic carbocycles. The number of ether oxygens (including phenoxy) is 1. The van der Waals surface area contributed by atoms with Crippen LogP contribution in [0.1, 0.15) is 5.56 Å². The van der Waals surface area contributed by atoms with Gasteiger partial charge in [-0.25, -0.2) is 0 Å². The molecule has 0 heterocycles. The molecule has 0 aliphatic heterocycles. The third-order valence-electron chi connectivity index (χ3n) is 4.09. The first kappa shape index (κ1) is 21.3. The Hall–Kier alpha value is -2.40. The molecule has 0 saturated carbocycles. The molecule has 7 heteroatoms. The minimum atomic E-state index is -0.256. The molecule has 2 N–H and O–H groups in total. The first-order chi connectivity index (χ1) is 14.0. The summed E-state index contributed by atoms with van der Waals surface area (Å²) in [5.41, 5.74) is 2.45. The highest BCUT2D eigenvalue weighted by atomic mass is 35.5. The van der Waals surface area contributed by atoms with Crippen molar-refractivity contribution in [3.8, 4) is 5.75 Å². The molecule has 0 bridgehead atoms. The van der Waals surface area contributed by atoms with Crippen LogP contribution in [0.4, 0.5) is 11.4 Å². The van der Waals surface area contributed by atoms with Crippen molar-refractivity contribution in [1.29, 1.82) is 0 Å². The summed E-state index contributed by atoms with van der Waals surface area (Å²) >= 11 is 17.9. The average molecular weight is 450 g/mol. The minimum absolute atomic E-state index is 0.0742. The van der Waals surface area contributed by atoms with Gasteiger partial charge in [-0.2, -0.15) is 0 Å². The van der Waals surface area contributed by atoms with Crippen molar-refractivity contribution in [2.75, 3.05) is 23.8 Å². The first-order valence-electron chi connectivity index (χ1n) is 8.96. The summed E-state index contributed by atoms with van der Waals surface area (Å²) in [5.74, 6) is 0.520. The normalized spacial score (nSPS) is 10.4. The minimum Gasteiger partial charge on any atom is -0.493 e. The topological polar surface area (TPSA) is 50.4 Å². The molecular weight excluding hydrogens is 431 g/mol. The van der Waals surface area contributed by atoms with E-state index in [1.54, 1.807) is 0 Å². The molecule has 0 saturated heterocycles. The second-order valence-electron chi connectivity index (χ2n) is 6.26. The predicted molar refractivity (Wildman–Crippen MR) is 121 cm³/mol. The van der Waals surface area contributed by atoms with E-state index in [-0.39, 0.29) is 12.5 Å². The third kappa shape index (κ3) is 6.57. The summed E-state index contributed by atoms with van der Waals surface area (Å²) in [6.07, 6.45) is 0.846. The van der Waals surface area contributed by atoms with Gasteiger partial charge < -0.3 is 15.4 Å². The zero-order chi connectivity index (χ0) is 20.6. The van der Waals surface area contributed by atoms with E-state index in [2.05, 4.69) is 22.8 Å². The van der Waals surface area contributed by atoms with Crippen molar-refractivity contribution in [2.45, 2.75) is 6.42 Å². The van der Waals surface area contributed by atoms with Crippen LogP contribution >= 0.6 is 34.8 Å². The van der Waals surface area contributed by atoms with Crippen LogP contribution in [0.3, 0.4) is 0 Å². The molecular formula is C22H19Cl3N2O2. The van der Waals surface area contributed by atoms with Crippen LogP contribution in [0.15, 0.2) is 66.7 Å². The fraction of sp³-hybridized carbons (Fsp3) is 0.136. The lowest BCUT2D eigenvalue weighted by molar-refractivity contribution is -0.114. The van der Waals surface area contributed by atoms with E-state index in [0.29, 0.717) is 27.4 Å². The Morgan fingerprint density at radius 3 is 2.28 bits per heavy atom. The molecule has 4 nitrogen and oxygen atoms in total. The molecule has 0 aromatic heterocycles. The lowest BCUT2D eigenvalue weighted by Crippen LogP contribution is -2.21. The van der Waals surface area contributed by atoms with Crippen molar-refractivity contribution in [1.82, 2.24) is 0 Å². The number of rotatable bonds is 8. The van der Waals surface area contributed by atoms with Gasteiger partial charge in [0.15, 0.2) is 0 Å². The fourth-order valence-corrected chi connectivity index (χ4v) is 3.19. The highest BCUT2D eigenvalue weighted by Gasteiger charge is 2.09. The zero-order valence-corrected chi connectivity index (χ0v) is 17.7. The van der Waals surface area contributed by atoms with E-state index in [4.69, 9.17) is 39.5 Å². The number of amides is 1. The van der Waals surface area contributed by atoms with Crippen LogP contribution in [-0.4, -0.2) is 19.1 Å². The average Bonchev–Trinajstić information content (AvgIpc) is 2.72. The van der Waals surface area contributed by atoms with Crippen molar-refractivity contribution < 1.29 is 9.53 Å². The highest BCUT2D eigenvalue weighted by molar-refractivity contribution is 6.44. The van der Waals surface area contributed by atoms with Gasteiger partial charge in [0.1, 0.15) is 5.75 Å². The van der Waals surface area contributed by atoms with Gasteiger partial charge in [-0.15, -0.1) is 0 Å². The molecule has 0 aliphatic rings. The maximum atomic E-state index is 12.1. The van der Waals surface area contributed by atoms with Gasteiger partial charge in [0, 0.05) is 12.1 Å². The fourth-order valence-electron chi connectivity index (χ4n) is 2.60. The van der Waals surface area contributed by atoms with E-state index >= 15 is 0 Å². The largest absolute Gasteiger partial charge is 0.493 e. The summed E-state index contributed by atoms with van der Waals surface area (Å²) in [6.45, 7) is 0.675. The van der Waals surface area contributed by atoms with E-state index < -0.39 is 0 Å². The summed E-state index contributed by atoms with van der Waals surface area (Å²) in [4.78, 5) is 12.1. The third-order valence-corrected chi connectivity index (χ3v) is 5.13. The number of nitrogens with one attached hydrogen (secondary N) is 2. The quantitative estimate of drug-likeness (QED) is 0.396. The molecule has 3 rings (SSSR count). The number of hydrogen-bond acceptors (Lipinski definition) is 3. The second kappa shape index (κ2) is 10.4. The van der Waals surface area contributed by atoms with Crippen molar-refractivity contribution in [3.63, 3.8) is 0 Å². The first-order valence-corrected chi connectivity index (χ1v) is 10.1. The molecule has 29 heavy (non-hydrogen) atoms. The van der Waals surface area contributed by atoms with Crippen LogP contribution in [0, 0.1) is 0 Å². The van der Waals surface area contributed by atoms with E-state index in [1.165, 1.54) is 17.7 Å². The number of halogens is 3. The van der Waals surface area contributed by atoms with E-state index in [0.717, 1.165) is 17.9 Å². The van der Waals surface area contributed by atoms with Crippen LogP contribution < -0.4 is 15.4 Å². The van der Waals surface area contributed by atoms with Crippen molar-refractivity contribution in [3.05, 3.63) is 87.4 Å². The van der Waals surface area contributed by atoms with Gasteiger partial charge in [-0.1, -0.05) is 65.1 Å². The second-order valence-corrected chi connectivity index (χ2v) is 7.48. The molecule has 0 radical (unpaired) electrons. The van der Waals surface area contributed by atoms with Crippen LogP contribution in [-0.2, 0) is 11.2 Å². The Labute approximate surface area is 184 Å². The van der Waals surface area contributed by atoms with Crippen molar-refractivity contribution >= 4 is 52.1 Å². The summed E-state index contributed by atoms with van der Waals surface area (Å²) < 4.78 is 5.76. The number of benzene rings is 3. The zero-order valence-electron chi connectivity index (χ0n) is 15.4. The molecule has 0 fully saturated rings. The Morgan fingerprint density at radius 2 is 1.55 bits per heavy atom. The molecule has 150 valence electrons. The summed E-state index contributed by atoms with van der Waals surface area (Å²) in [5, 5.41) is 6.73. The monoisotopic (exact) mass is 448 g/mol. The van der Waals surface area contributed by atoms with Gasteiger partial charge in [-0.05, 0) is 42.0 Å². The van der Waals surface area contributed by atoms with E-state index in [9.17, 15) is 4.79 Å². The molecule has 0 atom stereocenters. The maximum absolute atomic E-state index is 12.1.